The number of imide groups is 1. The number of fused-ring (bicyclic) bond motifs is 5. The van der Waals surface area contributed by atoms with Gasteiger partial charge in [-0.15, -0.1) is 0 Å². The fourth-order valence-corrected chi connectivity index (χ4v) is 13.7. The predicted octanol–water partition coefficient (Wildman–Crippen LogP) is -1.36. The molecule has 10 amide bonds. The Bertz CT molecular complexity index is 3540. The van der Waals surface area contributed by atoms with E-state index in [-0.39, 0.29) is 90.8 Å². The van der Waals surface area contributed by atoms with Crippen LogP contribution in [0.2, 0.25) is 0 Å². The van der Waals surface area contributed by atoms with Gasteiger partial charge in [0, 0.05) is 98.3 Å². The van der Waals surface area contributed by atoms with Crippen molar-refractivity contribution in [3.05, 3.63) is 53.6 Å². The third-order valence-corrected chi connectivity index (χ3v) is 19.8. The maximum atomic E-state index is 15.2. The van der Waals surface area contributed by atoms with Crippen molar-refractivity contribution in [3.63, 3.8) is 0 Å². The van der Waals surface area contributed by atoms with Gasteiger partial charge in [0.25, 0.3) is 0 Å². The van der Waals surface area contributed by atoms with Crippen LogP contribution in [0.25, 0.3) is 10.9 Å². The Morgan fingerprint density at radius 1 is 0.814 bits per heavy atom. The van der Waals surface area contributed by atoms with Gasteiger partial charge < -0.3 is 68.0 Å². The van der Waals surface area contributed by atoms with Crippen LogP contribution in [0.4, 0.5) is 5.69 Å². The molecule has 2 fully saturated rings. The van der Waals surface area contributed by atoms with E-state index in [2.05, 4.69) is 42.2 Å². The molecule has 7 rings (SSSR count). The zero-order valence-corrected chi connectivity index (χ0v) is 56.2. The summed E-state index contributed by atoms with van der Waals surface area (Å²) in [6, 6.07) is 4.34. The molecule has 4 aliphatic rings. The van der Waals surface area contributed by atoms with E-state index in [4.69, 9.17) is 10.5 Å². The van der Waals surface area contributed by atoms with Crippen molar-refractivity contribution in [2.45, 2.75) is 160 Å². The zero-order chi connectivity index (χ0) is 71.3. The van der Waals surface area contributed by atoms with Crippen molar-refractivity contribution in [2.75, 3.05) is 50.4 Å². The number of ether oxygens (including phenoxy) is 1. The van der Waals surface area contributed by atoms with Crippen LogP contribution in [0.5, 0.6) is 5.75 Å². The van der Waals surface area contributed by atoms with E-state index in [0.717, 1.165) is 4.90 Å². The molecule has 3 unspecified atom stereocenters. The molecule has 30 nitrogen and oxygen atoms in total. The van der Waals surface area contributed by atoms with E-state index < -0.39 is 211 Å². The number of aromatic nitrogens is 1. The fraction of sp³-hybridized carbons (Fsp3) is 0.576. The normalized spacial score (nSPS) is 25.5. The molecule has 4 aliphatic heterocycles. The molecule has 1 aromatic heterocycles. The van der Waals surface area contributed by atoms with Gasteiger partial charge in [-0.3, -0.25) is 81.1 Å². The fourth-order valence-electron chi connectivity index (χ4n) is 12.3. The third-order valence-electron chi connectivity index (χ3n) is 18.3. The number of aromatic amines is 1. The molecular formula is C66H89N11O19S. The number of amides is 10. The molecule has 2 aromatic carbocycles. The number of nitrogens with zero attached hydrogens (tertiary/aromatic N) is 2. The quantitative estimate of drug-likeness (QED) is 0.0581. The molecule has 3 aromatic rings. The molecule has 5 heterocycles. The van der Waals surface area contributed by atoms with E-state index in [0.29, 0.717) is 23.1 Å². The number of anilines is 1. The molecule has 0 radical (unpaired) electrons. The molecule has 0 saturated carbocycles. The number of aliphatic hydroxyl groups excluding tert-OH is 3. The molecule has 31 heteroatoms. The first-order chi connectivity index (χ1) is 45.8. The van der Waals surface area contributed by atoms with Gasteiger partial charge in [-0.05, 0) is 60.1 Å². The standard InChI is InChI=1S/C66H89N11O19S/c1-8-33(4)59-64(93)69-25-55(87)71-46-31-97(95)65-44(19-39(62(91)68-26-56(88)74-59)21-50(82)60(36(7)52(84)29-78)75-63(92)47-23-41(79)27-76(47)28-51(83)38(20-48(46)80)22-53(67)85)43-14-13-42(24-45(43)72-65)96-30-37-9-11-40(12-10-37)70-61(90)34(5)17-49(81)58(32(2)3)73-54(86)15-16-77-57(89)18-35(6)66(77)94/h9-14,24,32-36,38-39,41,46-47,52,58-60,72,78-79,84H,8,15-23,25-31H2,1-7H3,(H2,67,85)(H,68,91)(H,69,93)(H,70,90)(H,71,87)(H,73,86)(H,74,88)(H,75,92)/t33-,34+,35?,36-,38-,39+,41?,46-,47-,52-,58-,59-,60-,97?/m0/s1. The minimum absolute atomic E-state index is 0.0528. The highest BCUT2D eigenvalue weighted by Gasteiger charge is 2.43. The number of rotatable bonds is 20. The largest absolute Gasteiger partial charge is 0.489 e. The van der Waals surface area contributed by atoms with Gasteiger partial charge in [-0.25, -0.2) is 0 Å². The average Bonchev–Trinajstić information content (AvgIpc) is 1.66. The lowest BCUT2D eigenvalue weighted by Gasteiger charge is -2.31. The first-order valence-corrected chi connectivity index (χ1v) is 33.9. The summed E-state index contributed by atoms with van der Waals surface area (Å²) in [5, 5.41) is 50.4. The molecule has 14 atom stereocenters. The number of ketones is 4. The topological polar surface area (TPSA) is 458 Å². The monoisotopic (exact) mass is 1370 g/mol. The number of hydrogen-bond donors (Lipinski definition) is 12. The van der Waals surface area contributed by atoms with Gasteiger partial charge in [0.2, 0.25) is 59.1 Å². The van der Waals surface area contributed by atoms with Crippen LogP contribution in [-0.2, 0) is 91.0 Å². The smallest absolute Gasteiger partial charge is 0.243 e. The Hall–Kier alpha value is -8.65. The maximum Gasteiger partial charge on any atom is 0.243 e. The molecule has 0 spiro atoms. The van der Waals surface area contributed by atoms with Crippen molar-refractivity contribution in [1.82, 2.24) is 46.7 Å². The minimum atomic E-state index is -2.40. The molecule has 528 valence electrons. The van der Waals surface area contributed by atoms with E-state index >= 15 is 4.21 Å². The Labute approximate surface area is 562 Å². The van der Waals surface area contributed by atoms with E-state index in [9.17, 15) is 82.4 Å². The molecule has 13 N–H and O–H groups in total. The predicted molar refractivity (Wildman–Crippen MR) is 348 cm³/mol. The van der Waals surface area contributed by atoms with Crippen LogP contribution in [0.3, 0.4) is 0 Å². The van der Waals surface area contributed by atoms with Crippen molar-refractivity contribution < 1.29 is 91.4 Å². The summed E-state index contributed by atoms with van der Waals surface area (Å²) in [6.07, 6.45) is -5.76. The lowest BCUT2D eigenvalue weighted by Crippen LogP contribution is -2.55. The number of nitrogens with one attached hydrogen (secondary N) is 8. The number of aliphatic hydroxyl groups is 3. The number of primary amides is 1. The van der Waals surface area contributed by atoms with Crippen LogP contribution in [0.1, 0.15) is 111 Å². The van der Waals surface area contributed by atoms with E-state index in [1.807, 2.05) is 0 Å². The van der Waals surface area contributed by atoms with Crippen molar-refractivity contribution in [3.8, 4) is 5.75 Å². The highest BCUT2D eigenvalue weighted by Crippen LogP contribution is 2.33. The third kappa shape index (κ3) is 20.0. The minimum Gasteiger partial charge on any atom is -0.489 e. The lowest BCUT2D eigenvalue weighted by molar-refractivity contribution is -0.140. The molecular weight excluding hydrogens is 1280 g/mol. The van der Waals surface area contributed by atoms with Gasteiger partial charge in [-0.1, -0.05) is 67.0 Å². The number of carbonyl (C=O) groups excluding carboxylic acids is 14. The van der Waals surface area contributed by atoms with Crippen molar-refractivity contribution in [2.24, 2.45) is 47.2 Å². The van der Waals surface area contributed by atoms with Crippen LogP contribution < -0.4 is 47.7 Å². The molecule has 2 saturated heterocycles. The Kier molecular flexibility index (Phi) is 26.6. The SMILES string of the molecule is CC[C@H](C)[C@@H]1NC(=O)CNC(=O)[C@H]2CC(=O)[C@H]([C@@H](C)[C@@H](O)CO)NC(=O)[C@@H]3CC(O)CN3CC(=O)[C@H](CC(N)=O)CC(=O)[C@H](CS(=O)c3[nH]c4cc(OCc5ccc(NC(=O)[C@H](C)CC(=O)[C@@H](NC(=O)CCN6C(=O)CC(C)C6=O)C(C)C)cc5)ccc4c3C2)NC(=O)CNC1=O. The lowest BCUT2D eigenvalue weighted by atomic mass is 9.85. The molecule has 97 heavy (non-hydrogen) atoms. The number of H-pyrrole nitrogens is 1. The van der Waals surface area contributed by atoms with Crippen LogP contribution in [0.15, 0.2) is 47.5 Å². The van der Waals surface area contributed by atoms with Gasteiger partial charge in [0.15, 0.2) is 23.1 Å². The maximum absolute atomic E-state index is 15.2. The second kappa shape index (κ2) is 34.0. The summed E-state index contributed by atoms with van der Waals surface area (Å²) >= 11 is 0. The highest BCUT2D eigenvalue weighted by atomic mass is 32.2. The molecule has 2 bridgehead atoms. The van der Waals surface area contributed by atoms with E-state index in [1.54, 1.807) is 77.9 Å². The number of nitrogens with two attached hydrogens (primary N) is 1. The average molecular weight is 1370 g/mol. The number of benzene rings is 2. The second-order valence-electron chi connectivity index (χ2n) is 26.2. The van der Waals surface area contributed by atoms with Gasteiger partial charge in [0.05, 0.1) is 84.7 Å². The van der Waals surface area contributed by atoms with Crippen LogP contribution >= 0.6 is 0 Å². The molecule has 0 aliphatic carbocycles. The Morgan fingerprint density at radius 2 is 1.49 bits per heavy atom. The van der Waals surface area contributed by atoms with Crippen LogP contribution in [-0.4, -0.2) is 204 Å². The van der Waals surface area contributed by atoms with Crippen LogP contribution in [0, 0.1) is 41.4 Å². The highest BCUT2D eigenvalue weighted by molar-refractivity contribution is 7.85. The van der Waals surface area contributed by atoms with Gasteiger partial charge >= 0.3 is 0 Å². The second-order valence-corrected chi connectivity index (χ2v) is 27.7. The number of carbonyl (C=O) groups is 14. The summed E-state index contributed by atoms with van der Waals surface area (Å²) in [4.78, 5) is 197. The summed E-state index contributed by atoms with van der Waals surface area (Å²) in [6.45, 7) is 7.99. The van der Waals surface area contributed by atoms with Gasteiger partial charge in [-0.2, -0.15) is 0 Å². The zero-order valence-electron chi connectivity index (χ0n) is 55.4. The Balaban J connectivity index is 1.19. The Morgan fingerprint density at radius 3 is 2.13 bits per heavy atom. The summed E-state index contributed by atoms with van der Waals surface area (Å²) in [5.74, 6) is -17.0. The van der Waals surface area contributed by atoms with E-state index in [1.165, 1.54) is 17.9 Å². The van der Waals surface area contributed by atoms with Gasteiger partial charge in [0.1, 0.15) is 23.4 Å². The summed E-state index contributed by atoms with van der Waals surface area (Å²) in [5.41, 5.74) is 7.01. The summed E-state index contributed by atoms with van der Waals surface area (Å²) in [7, 11) is -2.40. The number of Topliss-reactive ketones (excluding diaryl/α,β-unsaturated/α-hetero) is 4. The first-order valence-electron chi connectivity index (χ1n) is 32.6. The first kappa shape index (κ1) is 75.7. The number of hydrogen-bond acceptors (Lipinski definition) is 20. The van der Waals surface area contributed by atoms with Crippen molar-refractivity contribution >= 4 is 110 Å². The number of likely N-dealkylation sites (tertiary alicyclic amines) is 1. The van der Waals surface area contributed by atoms with Crippen molar-refractivity contribution in [1.29, 1.82) is 0 Å². The summed E-state index contributed by atoms with van der Waals surface area (Å²) < 4.78 is 21.5.